The van der Waals surface area contributed by atoms with Crippen LogP contribution in [0.4, 0.5) is 10.2 Å². The lowest BCUT2D eigenvalue weighted by Crippen LogP contribution is -2.18. The van der Waals surface area contributed by atoms with Crippen LogP contribution in [0.2, 0.25) is 0 Å². The number of anilines is 1. The van der Waals surface area contributed by atoms with Crippen LogP contribution in [0.5, 0.6) is 0 Å². The number of nitrogens with one attached hydrogen (secondary N) is 1. The molecular weight excluding hydrogens is 405 g/mol. The molecule has 0 atom stereocenters. The van der Waals surface area contributed by atoms with E-state index < -0.39 is 0 Å². The van der Waals surface area contributed by atoms with Crippen molar-refractivity contribution >= 4 is 11.7 Å². The molecule has 1 amide bonds. The van der Waals surface area contributed by atoms with Crippen molar-refractivity contribution in [2.45, 2.75) is 38.5 Å². The van der Waals surface area contributed by atoms with Gasteiger partial charge in [0.2, 0.25) is 0 Å². The van der Waals surface area contributed by atoms with Gasteiger partial charge in [0.05, 0.1) is 11.4 Å². The zero-order valence-electron chi connectivity index (χ0n) is 17.5. The van der Waals surface area contributed by atoms with Crippen LogP contribution < -0.4 is 5.32 Å². The number of carbonyl (C=O) groups excluding carboxylic acids is 1. The minimum atomic E-state index is -0.350. The van der Waals surface area contributed by atoms with Gasteiger partial charge in [0.25, 0.3) is 5.91 Å². The molecule has 0 saturated carbocycles. The van der Waals surface area contributed by atoms with Crippen molar-refractivity contribution in [3.63, 3.8) is 0 Å². The zero-order valence-corrected chi connectivity index (χ0v) is 17.5. The smallest absolute Gasteiger partial charge is 0.277 e. The van der Waals surface area contributed by atoms with Crippen LogP contribution in [0.1, 0.15) is 45.8 Å². The van der Waals surface area contributed by atoms with E-state index in [1.165, 1.54) is 6.07 Å². The topological polar surface area (TPSA) is 64.7 Å². The summed E-state index contributed by atoms with van der Waals surface area (Å²) in [7, 11) is 0. The highest BCUT2D eigenvalue weighted by molar-refractivity contribution is 6.04. The summed E-state index contributed by atoms with van der Waals surface area (Å²) in [5, 5.41) is 12.5. The maximum absolute atomic E-state index is 14.5. The molecule has 0 fully saturated rings. The summed E-state index contributed by atoms with van der Waals surface area (Å²) >= 11 is 0. The average molecular weight is 427 g/mol. The monoisotopic (exact) mass is 427 g/mol. The number of halogens is 1. The van der Waals surface area contributed by atoms with Crippen molar-refractivity contribution in [3.05, 3.63) is 88.6 Å². The van der Waals surface area contributed by atoms with Gasteiger partial charge in [0.1, 0.15) is 17.3 Å². The molecule has 2 heterocycles. The van der Waals surface area contributed by atoms with Crippen LogP contribution >= 0.6 is 0 Å². The van der Waals surface area contributed by atoms with Crippen LogP contribution in [-0.4, -0.2) is 25.5 Å². The van der Waals surface area contributed by atoms with E-state index in [1.807, 2.05) is 35.0 Å². The van der Waals surface area contributed by atoms with Gasteiger partial charge in [-0.3, -0.25) is 4.79 Å². The van der Waals surface area contributed by atoms with Crippen LogP contribution in [-0.2, 0) is 25.7 Å². The van der Waals surface area contributed by atoms with E-state index in [-0.39, 0.29) is 11.7 Å². The lowest BCUT2D eigenvalue weighted by molar-refractivity contribution is 0.102. The van der Waals surface area contributed by atoms with E-state index in [9.17, 15) is 9.18 Å². The number of amides is 1. The molecule has 2 aliphatic carbocycles. The molecule has 2 aromatic heterocycles. The molecule has 7 heteroatoms. The summed E-state index contributed by atoms with van der Waals surface area (Å²) in [6.45, 7) is 0. The molecule has 0 spiro atoms. The van der Waals surface area contributed by atoms with Crippen molar-refractivity contribution in [3.8, 4) is 11.4 Å². The number of aryl methyl sites for hydroxylation is 1. The number of fused-ring (bicyclic) bond motifs is 2. The number of benzene rings is 2. The van der Waals surface area contributed by atoms with Crippen molar-refractivity contribution < 1.29 is 9.18 Å². The summed E-state index contributed by atoms with van der Waals surface area (Å²) < 4.78 is 17.9. The fourth-order valence-electron chi connectivity index (χ4n) is 4.89. The Morgan fingerprint density at radius 3 is 2.44 bits per heavy atom. The molecule has 4 aromatic rings. The van der Waals surface area contributed by atoms with Gasteiger partial charge >= 0.3 is 0 Å². The van der Waals surface area contributed by atoms with Gasteiger partial charge in [0.15, 0.2) is 5.69 Å². The van der Waals surface area contributed by atoms with E-state index in [4.69, 9.17) is 5.10 Å². The third-order valence-corrected chi connectivity index (χ3v) is 6.37. The Balaban J connectivity index is 1.41. The van der Waals surface area contributed by atoms with Gasteiger partial charge in [-0.15, -0.1) is 0 Å². The number of aromatic nitrogens is 4. The minimum Gasteiger partial charge on any atom is -0.305 e. The zero-order chi connectivity index (χ0) is 21.7. The predicted octanol–water partition coefficient (Wildman–Crippen LogP) is 4.43. The number of hydrogen-bond donors (Lipinski definition) is 1. The molecule has 0 bridgehead atoms. The van der Waals surface area contributed by atoms with Crippen LogP contribution in [0, 0.1) is 5.82 Å². The first-order valence-electron chi connectivity index (χ1n) is 11.0. The molecule has 0 aliphatic heterocycles. The van der Waals surface area contributed by atoms with Crippen molar-refractivity contribution in [1.82, 2.24) is 19.6 Å². The standard InChI is InChI=1S/C25H22FN5O/c26-19-12-4-5-14-22(19)31-21-15-7-11-18(21)23(29-31)25(32)27-24-17-10-6-13-20(17)28-30(24)16-8-2-1-3-9-16/h1-5,8-9,12,14H,6-7,10-11,13,15H2,(H,27,32). The van der Waals surface area contributed by atoms with Gasteiger partial charge in [0, 0.05) is 16.8 Å². The summed E-state index contributed by atoms with van der Waals surface area (Å²) in [6, 6.07) is 16.4. The Morgan fingerprint density at radius 2 is 1.59 bits per heavy atom. The maximum atomic E-state index is 14.5. The largest absolute Gasteiger partial charge is 0.305 e. The summed E-state index contributed by atoms with van der Waals surface area (Å²) in [5.74, 6) is 0.0857. The van der Waals surface area contributed by atoms with Gasteiger partial charge in [-0.25, -0.2) is 13.8 Å². The summed E-state index contributed by atoms with van der Waals surface area (Å²) in [6.07, 6.45) is 5.31. The van der Waals surface area contributed by atoms with Crippen LogP contribution in [0.15, 0.2) is 54.6 Å². The normalized spacial score (nSPS) is 14.4. The van der Waals surface area contributed by atoms with E-state index in [0.717, 1.165) is 66.7 Å². The van der Waals surface area contributed by atoms with E-state index in [1.54, 1.807) is 22.9 Å². The highest BCUT2D eigenvalue weighted by Gasteiger charge is 2.30. The second-order valence-electron chi connectivity index (χ2n) is 8.32. The molecule has 32 heavy (non-hydrogen) atoms. The van der Waals surface area contributed by atoms with Crippen molar-refractivity contribution in [2.75, 3.05) is 5.32 Å². The lowest BCUT2D eigenvalue weighted by atomic mass is 10.2. The molecule has 0 radical (unpaired) electrons. The van der Waals surface area contributed by atoms with Crippen molar-refractivity contribution in [1.29, 1.82) is 0 Å². The Morgan fingerprint density at radius 1 is 0.844 bits per heavy atom. The number of carbonyl (C=O) groups is 1. The first-order chi connectivity index (χ1) is 15.7. The Labute approximate surface area is 184 Å². The van der Waals surface area contributed by atoms with E-state index in [2.05, 4.69) is 10.4 Å². The van der Waals surface area contributed by atoms with Crippen LogP contribution in [0.25, 0.3) is 11.4 Å². The first kappa shape index (κ1) is 19.0. The Hall–Kier alpha value is -3.74. The third-order valence-electron chi connectivity index (χ3n) is 6.37. The number of rotatable bonds is 4. The number of para-hydroxylation sites is 2. The maximum Gasteiger partial charge on any atom is 0.277 e. The van der Waals surface area contributed by atoms with Gasteiger partial charge in [-0.2, -0.15) is 10.2 Å². The molecule has 6 nitrogen and oxygen atoms in total. The highest BCUT2D eigenvalue weighted by atomic mass is 19.1. The predicted molar refractivity (Wildman–Crippen MR) is 119 cm³/mol. The molecule has 0 unspecified atom stereocenters. The second-order valence-corrected chi connectivity index (χ2v) is 8.32. The first-order valence-corrected chi connectivity index (χ1v) is 11.0. The molecule has 2 aliphatic rings. The quantitative estimate of drug-likeness (QED) is 0.524. The van der Waals surface area contributed by atoms with E-state index >= 15 is 0 Å². The SMILES string of the molecule is O=C(Nc1c2c(nn1-c1ccccc1)CCC2)c1nn(-c2ccccc2F)c2c1CCC2. The summed E-state index contributed by atoms with van der Waals surface area (Å²) in [5.41, 5.74) is 5.60. The fourth-order valence-corrected chi connectivity index (χ4v) is 4.89. The van der Waals surface area contributed by atoms with Crippen LogP contribution in [0.3, 0.4) is 0 Å². The molecule has 6 rings (SSSR count). The summed E-state index contributed by atoms with van der Waals surface area (Å²) in [4.78, 5) is 13.5. The fraction of sp³-hybridized carbons (Fsp3) is 0.240. The lowest BCUT2D eigenvalue weighted by Gasteiger charge is -2.11. The van der Waals surface area contributed by atoms with Gasteiger partial charge in [-0.1, -0.05) is 30.3 Å². The Kier molecular flexibility index (Phi) is 4.41. The number of hydrogen-bond acceptors (Lipinski definition) is 3. The Bertz CT molecular complexity index is 1340. The highest BCUT2D eigenvalue weighted by Crippen LogP contribution is 2.33. The van der Waals surface area contributed by atoms with Gasteiger partial charge < -0.3 is 5.32 Å². The van der Waals surface area contributed by atoms with E-state index in [0.29, 0.717) is 17.2 Å². The molecule has 160 valence electrons. The molecular formula is C25H22FN5O. The molecule has 0 saturated heterocycles. The average Bonchev–Trinajstić information content (AvgIpc) is 3.57. The minimum absolute atomic E-state index is 0.273. The second kappa shape index (κ2) is 7.44. The third kappa shape index (κ3) is 2.96. The molecule has 2 aromatic carbocycles. The van der Waals surface area contributed by atoms with Gasteiger partial charge in [-0.05, 0) is 62.8 Å². The molecule has 1 N–H and O–H groups in total. The van der Waals surface area contributed by atoms with Crippen molar-refractivity contribution in [2.24, 2.45) is 0 Å². The number of nitrogens with zero attached hydrogens (tertiary/aromatic N) is 4.